The third kappa shape index (κ3) is 4.50. The van der Waals surface area contributed by atoms with Crippen molar-refractivity contribution in [1.82, 2.24) is 20.2 Å². The number of hydrogen-bond donors (Lipinski definition) is 2. The third-order valence-electron chi connectivity index (χ3n) is 4.76. The summed E-state index contributed by atoms with van der Waals surface area (Å²) in [5.41, 5.74) is 1.62. The molecule has 9 nitrogen and oxygen atoms in total. The second-order valence-electron chi connectivity index (χ2n) is 6.73. The summed E-state index contributed by atoms with van der Waals surface area (Å²) < 4.78 is 17.9. The maximum Gasteiger partial charge on any atom is 0.338 e. The number of furan rings is 1. The van der Waals surface area contributed by atoms with Crippen LogP contribution in [0.5, 0.6) is 5.75 Å². The lowest BCUT2D eigenvalue weighted by Crippen LogP contribution is -2.46. The number of amides is 2. The van der Waals surface area contributed by atoms with Gasteiger partial charge < -0.3 is 24.5 Å². The Hall–Kier alpha value is -3.66. The molecule has 0 saturated carbocycles. The number of carbonyl (C=O) groups is 2. The van der Waals surface area contributed by atoms with Crippen LogP contribution in [-0.2, 0) is 9.53 Å². The zero-order valence-corrected chi connectivity index (χ0v) is 18.3. The van der Waals surface area contributed by atoms with E-state index in [1.54, 1.807) is 32.4 Å². The highest BCUT2D eigenvalue weighted by Crippen LogP contribution is 2.31. The van der Waals surface area contributed by atoms with E-state index in [2.05, 4.69) is 15.6 Å². The lowest BCUT2D eigenvalue weighted by Gasteiger charge is -2.27. The van der Waals surface area contributed by atoms with Crippen LogP contribution in [0, 0.1) is 0 Å². The Balaban J connectivity index is 1.64. The van der Waals surface area contributed by atoms with Crippen molar-refractivity contribution < 1.29 is 23.5 Å². The molecule has 1 aliphatic heterocycles. The Morgan fingerprint density at radius 1 is 1.31 bits per heavy atom. The minimum absolute atomic E-state index is 0.210. The first-order valence-electron chi connectivity index (χ1n) is 9.92. The molecular weight excluding hydrogens is 432 g/mol. The lowest BCUT2D eigenvalue weighted by atomic mass is 10.0. The van der Waals surface area contributed by atoms with Gasteiger partial charge in [-0.1, -0.05) is 17.8 Å². The van der Waals surface area contributed by atoms with E-state index in [1.807, 2.05) is 35.0 Å². The van der Waals surface area contributed by atoms with Crippen molar-refractivity contribution in [2.24, 2.45) is 0 Å². The summed E-state index contributed by atoms with van der Waals surface area (Å²) in [4.78, 5) is 29.5. The molecule has 0 spiro atoms. The molecule has 32 heavy (non-hydrogen) atoms. The van der Waals surface area contributed by atoms with Crippen LogP contribution in [0.3, 0.4) is 0 Å². The molecular formula is C22H22N4O5S. The number of nitrogens with one attached hydrogen (secondary N) is 2. The van der Waals surface area contributed by atoms with Crippen LogP contribution < -0.4 is 15.4 Å². The molecule has 0 fully saturated rings. The predicted octanol–water partition coefficient (Wildman–Crippen LogP) is 3.44. The largest absolute Gasteiger partial charge is 0.497 e. The van der Waals surface area contributed by atoms with E-state index in [1.165, 1.54) is 18.0 Å². The van der Waals surface area contributed by atoms with Crippen molar-refractivity contribution in [2.45, 2.75) is 18.1 Å². The fourth-order valence-electron chi connectivity index (χ4n) is 3.34. The minimum Gasteiger partial charge on any atom is -0.497 e. The molecule has 3 heterocycles. The maximum absolute atomic E-state index is 12.8. The summed E-state index contributed by atoms with van der Waals surface area (Å²) in [6, 6.07) is 9.83. The highest BCUT2D eigenvalue weighted by atomic mass is 32.2. The monoisotopic (exact) mass is 454 g/mol. The van der Waals surface area contributed by atoms with Gasteiger partial charge in [0.05, 0.1) is 31.2 Å². The van der Waals surface area contributed by atoms with Gasteiger partial charge in [0.15, 0.2) is 5.16 Å². The Morgan fingerprint density at radius 2 is 2.19 bits per heavy atom. The van der Waals surface area contributed by atoms with Crippen LogP contribution in [0.1, 0.15) is 18.7 Å². The van der Waals surface area contributed by atoms with Gasteiger partial charge in [-0.05, 0) is 31.2 Å². The van der Waals surface area contributed by atoms with Crippen molar-refractivity contribution in [3.05, 3.63) is 72.1 Å². The number of imidazole rings is 1. The van der Waals surface area contributed by atoms with Crippen molar-refractivity contribution in [3.8, 4) is 11.4 Å². The second kappa shape index (κ2) is 9.65. The number of carbonyl (C=O) groups excluding carboxylic acids is 2. The summed E-state index contributed by atoms with van der Waals surface area (Å²) >= 11 is 1.38. The molecule has 166 valence electrons. The van der Waals surface area contributed by atoms with Gasteiger partial charge in [-0.15, -0.1) is 0 Å². The molecule has 0 bridgehead atoms. The zero-order chi connectivity index (χ0) is 22.5. The molecule has 10 heteroatoms. The van der Waals surface area contributed by atoms with Crippen LogP contribution >= 0.6 is 11.8 Å². The number of methoxy groups -OCH3 is 1. The van der Waals surface area contributed by atoms with E-state index in [0.717, 1.165) is 11.4 Å². The number of nitrogens with zero attached hydrogens (tertiary/aromatic N) is 2. The van der Waals surface area contributed by atoms with E-state index in [-0.39, 0.29) is 6.61 Å². The number of ether oxygens (including phenoxy) is 2. The summed E-state index contributed by atoms with van der Waals surface area (Å²) in [7, 11) is 1.61. The molecule has 0 radical (unpaired) electrons. The molecule has 2 N–H and O–H groups in total. The van der Waals surface area contributed by atoms with Crippen LogP contribution in [0.4, 0.5) is 4.79 Å². The number of aromatic nitrogens is 2. The number of hydrogen-bond acceptors (Lipinski definition) is 7. The fourth-order valence-corrected chi connectivity index (χ4v) is 4.28. The molecule has 4 rings (SSSR count). The molecule has 0 saturated heterocycles. The molecule has 1 aliphatic rings. The lowest BCUT2D eigenvalue weighted by molar-refractivity contribution is -0.139. The van der Waals surface area contributed by atoms with Crippen LogP contribution in [-0.4, -0.2) is 41.0 Å². The van der Waals surface area contributed by atoms with Crippen molar-refractivity contribution >= 4 is 23.8 Å². The highest BCUT2D eigenvalue weighted by Gasteiger charge is 2.35. The Morgan fingerprint density at radius 3 is 2.94 bits per heavy atom. The van der Waals surface area contributed by atoms with Gasteiger partial charge in [0.2, 0.25) is 0 Å². The standard InChI is InChI=1S/C22H22N4O5S/c1-3-30-20(27)18-16(24-21(28)25-19(18)17-8-5-11-31-17)13-32-22-23-9-10-26(22)14-6-4-7-15(12-14)29-2/h4-12,19H,3,13H2,1-2H3,(H2,24,25,28). The van der Waals surface area contributed by atoms with Gasteiger partial charge in [0.1, 0.15) is 17.6 Å². The molecule has 1 atom stereocenters. The van der Waals surface area contributed by atoms with Crippen molar-refractivity contribution in [2.75, 3.05) is 19.5 Å². The molecule has 1 unspecified atom stereocenters. The van der Waals surface area contributed by atoms with E-state index in [4.69, 9.17) is 13.9 Å². The molecule has 3 aromatic rings. The zero-order valence-electron chi connectivity index (χ0n) is 17.5. The van der Waals surface area contributed by atoms with E-state index in [0.29, 0.717) is 27.9 Å². The summed E-state index contributed by atoms with van der Waals surface area (Å²) in [5, 5.41) is 6.17. The van der Waals surface area contributed by atoms with Crippen LogP contribution in [0.2, 0.25) is 0 Å². The Labute approximate surface area is 188 Å². The first-order valence-corrected chi connectivity index (χ1v) is 10.9. The predicted molar refractivity (Wildman–Crippen MR) is 118 cm³/mol. The topological polar surface area (TPSA) is 108 Å². The van der Waals surface area contributed by atoms with E-state index >= 15 is 0 Å². The average Bonchev–Trinajstić information content (AvgIpc) is 3.49. The first-order chi connectivity index (χ1) is 15.6. The van der Waals surface area contributed by atoms with E-state index in [9.17, 15) is 9.59 Å². The molecule has 0 aliphatic carbocycles. The normalized spacial score (nSPS) is 15.8. The van der Waals surface area contributed by atoms with Gasteiger partial charge in [0.25, 0.3) is 0 Å². The number of rotatable bonds is 8. The van der Waals surface area contributed by atoms with Crippen molar-refractivity contribution in [1.29, 1.82) is 0 Å². The third-order valence-corrected chi connectivity index (χ3v) is 5.75. The van der Waals surface area contributed by atoms with Crippen LogP contribution in [0.15, 0.2) is 75.9 Å². The molecule has 2 amide bonds. The minimum atomic E-state index is -0.744. The maximum atomic E-state index is 12.8. The van der Waals surface area contributed by atoms with Gasteiger partial charge in [-0.3, -0.25) is 4.57 Å². The number of thioether (sulfide) groups is 1. The molecule has 1 aromatic carbocycles. The second-order valence-corrected chi connectivity index (χ2v) is 7.67. The summed E-state index contributed by atoms with van der Waals surface area (Å²) in [6.07, 6.45) is 5.02. The fraction of sp³-hybridized carbons (Fsp3) is 0.227. The summed E-state index contributed by atoms with van der Waals surface area (Å²) in [5.74, 6) is 0.947. The quantitative estimate of drug-likeness (QED) is 0.397. The van der Waals surface area contributed by atoms with Gasteiger partial charge >= 0.3 is 12.0 Å². The number of esters is 1. The highest BCUT2D eigenvalue weighted by molar-refractivity contribution is 7.99. The molecule has 2 aromatic heterocycles. The number of urea groups is 1. The number of benzene rings is 1. The van der Waals surface area contributed by atoms with Crippen molar-refractivity contribution in [3.63, 3.8) is 0 Å². The van der Waals surface area contributed by atoms with Crippen LogP contribution in [0.25, 0.3) is 5.69 Å². The average molecular weight is 455 g/mol. The Kier molecular flexibility index (Phi) is 6.50. The summed E-state index contributed by atoms with van der Waals surface area (Å²) in [6.45, 7) is 1.94. The smallest absolute Gasteiger partial charge is 0.338 e. The van der Waals surface area contributed by atoms with Gasteiger partial charge in [-0.2, -0.15) is 0 Å². The SMILES string of the molecule is CCOC(=O)C1=C(CSc2nccn2-c2cccc(OC)c2)NC(=O)NC1c1ccco1. The van der Waals surface area contributed by atoms with Gasteiger partial charge in [0, 0.05) is 29.9 Å². The first kappa shape index (κ1) is 21.6. The Bertz CT molecular complexity index is 1140. The van der Waals surface area contributed by atoms with E-state index < -0.39 is 18.0 Å². The van der Waals surface area contributed by atoms with Gasteiger partial charge in [-0.25, -0.2) is 14.6 Å².